The molecule has 8 heteroatoms. The van der Waals surface area contributed by atoms with E-state index in [2.05, 4.69) is 12.6 Å². The Balaban J connectivity index is 0.000000459. The van der Waals surface area contributed by atoms with Crippen molar-refractivity contribution in [1.82, 2.24) is 0 Å². The Morgan fingerprint density at radius 1 is 1.37 bits per heavy atom. The molecule has 0 heterocycles. The van der Waals surface area contributed by atoms with Crippen molar-refractivity contribution < 1.29 is 20.2 Å². The van der Waals surface area contributed by atoms with Gasteiger partial charge in [0.2, 0.25) is 0 Å². The quantitative estimate of drug-likeness (QED) is 0.291. The molecule has 1 aromatic rings. The fourth-order valence-electron chi connectivity index (χ4n) is 1.03. The van der Waals surface area contributed by atoms with Crippen LogP contribution in [-0.4, -0.2) is 46.1 Å². The first kappa shape index (κ1) is 17.8. The first-order valence-corrected chi connectivity index (χ1v) is 6.00. The Kier molecular flexibility index (Phi) is 9.09. The van der Waals surface area contributed by atoms with Crippen LogP contribution in [0.5, 0.6) is 0 Å². The van der Waals surface area contributed by atoms with Crippen LogP contribution >= 0.6 is 12.6 Å². The van der Waals surface area contributed by atoms with Gasteiger partial charge in [0, 0.05) is 18.7 Å². The molecule has 108 valence electrons. The number of non-ortho nitro benzene ring substituents is 1. The number of nitrogens with zero attached hydrogens (tertiary/aromatic N) is 1. The second-order valence-corrected chi connectivity index (χ2v) is 4.25. The number of nitrogens with two attached hydrogens (primary N) is 1. The van der Waals surface area contributed by atoms with Gasteiger partial charge in [-0.1, -0.05) is 12.1 Å². The summed E-state index contributed by atoms with van der Waals surface area (Å²) in [5, 5.41) is 35.1. The zero-order valence-corrected chi connectivity index (χ0v) is 11.1. The predicted octanol–water partition coefficient (Wildman–Crippen LogP) is -0.144. The third-order valence-corrected chi connectivity index (χ3v) is 2.58. The second-order valence-electron chi connectivity index (χ2n) is 3.62. The number of rotatable bonds is 5. The minimum atomic E-state index is -0.731. The van der Waals surface area contributed by atoms with Gasteiger partial charge in [-0.3, -0.25) is 10.1 Å². The van der Waals surface area contributed by atoms with E-state index in [4.69, 9.17) is 21.1 Å². The molecule has 0 aliphatic rings. The van der Waals surface area contributed by atoms with Gasteiger partial charge < -0.3 is 21.1 Å². The highest BCUT2D eigenvalue weighted by atomic mass is 32.1. The van der Waals surface area contributed by atoms with E-state index in [9.17, 15) is 10.1 Å². The minimum Gasteiger partial charge on any atom is -0.395 e. The lowest BCUT2D eigenvalue weighted by Gasteiger charge is -2.05. The smallest absolute Gasteiger partial charge is 0.269 e. The van der Waals surface area contributed by atoms with Crippen LogP contribution in [0.4, 0.5) is 5.69 Å². The molecular weight excluding hydrogens is 272 g/mol. The lowest BCUT2D eigenvalue weighted by molar-refractivity contribution is -0.384. The Bertz CT molecular complexity index is 387. The molecule has 0 saturated carbocycles. The average Bonchev–Trinajstić information content (AvgIpc) is 2.46. The summed E-state index contributed by atoms with van der Waals surface area (Å²) in [6.45, 7) is -0.239. The van der Waals surface area contributed by atoms with Crippen molar-refractivity contribution in [3.63, 3.8) is 0 Å². The molecule has 2 unspecified atom stereocenters. The van der Waals surface area contributed by atoms with Crippen LogP contribution in [0.2, 0.25) is 0 Å². The number of thiol groups is 1. The van der Waals surface area contributed by atoms with E-state index in [1.165, 1.54) is 12.1 Å². The summed E-state index contributed by atoms with van der Waals surface area (Å²) >= 11 is 4.06. The second kappa shape index (κ2) is 9.70. The number of nitro groups is 1. The highest BCUT2D eigenvalue weighted by Gasteiger charge is 2.10. The standard InChI is InChI=1S/C8H9NO3S.C3H9NO2/c10-5-8(13)6-2-1-3-7(4-6)9(11)12;4-1-3(6)2-5/h1-4,8,10,13H,5H2;3,5-6H,1-2,4H2. The van der Waals surface area contributed by atoms with E-state index < -0.39 is 11.0 Å². The van der Waals surface area contributed by atoms with E-state index in [0.717, 1.165) is 0 Å². The van der Waals surface area contributed by atoms with Crippen LogP contribution < -0.4 is 5.73 Å². The van der Waals surface area contributed by atoms with E-state index in [0.29, 0.717) is 5.56 Å². The van der Waals surface area contributed by atoms with Crippen molar-refractivity contribution in [3.05, 3.63) is 39.9 Å². The minimum absolute atomic E-state index is 0.0185. The van der Waals surface area contributed by atoms with Gasteiger partial charge in [0.15, 0.2) is 0 Å². The molecule has 0 aliphatic heterocycles. The van der Waals surface area contributed by atoms with Gasteiger partial charge in [-0.25, -0.2) is 0 Å². The highest BCUT2D eigenvalue weighted by molar-refractivity contribution is 7.80. The van der Waals surface area contributed by atoms with E-state index in [1.807, 2.05) is 0 Å². The van der Waals surface area contributed by atoms with Crippen LogP contribution in [-0.2, 0) is 0 Å². The van der Waals surface area contributed by atoms with Crippen molar-refractivity contribution in [2.24, 2.45) is 5.73 Å². The van der Waals surface area contributed by atoms with Gasteiger partial charge in [-0.2, -0.15) is 12.6 Å². The van der Waals surface area contributed by atoms with Crippen molar-refractivity contribution in [2.75, 3.05) is 19.8 Å². The molecular formula is C11H18N2O5S. The van der Waals surface area contributed by atoms with E-state index >= 15 is 0 Å². The summed E-state index contributed by atoms with van der Waals surface area (Å²) < 4.78 is 0. The van der Waals surface area contributed by atoms with E-state index in [1.54, 1.807) is 12.1 Å². The molecule has 0 amide bonds. The summed E-state index contributed by atoms with van der Waals surface area (Å²) in [5.41, 5.74) is 5.54. The summed E-state index contributed by atoms with van der Waals surface area (Å²) in [5.74, 6) is 0. The maximum absolute atomic E-state index is 10.4. The predicted molar refractivity (Wildman–Crippen MR) is 74.1 cm³/mol. The zero-order valence-electron chi connectivity index (χ0n) is 10.2. The molecule has 0 aliphatic carbocycles. The molecule has 0 bridgehead atoms. The van der Waals surface area contributed by atoms with Crippen molar-refractivity contribution in [1.29, 1.82) is 0 Å². The van der Waals surface area contributed by atoms with Gasteiger partial charge in [-0.05, 0) is 5.56 Å². The highest BCUT2D eigenvalue weighted by Crippen LogP contribution is 2.22. The van der Waals surface area contributed by atoms with Crippen LogP contribution in [0.15, 0.2) is 24.3 Å². The lowest BCUT2D eigenvalue weighted by Crippen LogP contribution is -2.22. The Labute approximate surface area is 116 Å². The number of nitro benzene ring substituents is 1. The third-order valence-electron chi connectivity index (χ3n) is 2.12. The maximum atomic E-state index is 10.4. The summed E-state index contributed by atoms with van der Waals surface area (Å²) in [6, 6.07) is 6.09. The molecule has 7 nitrogen and oxygen atoms in total. The molecule has 0 fully saturated rings. The number of hydrogen-bond acceptors (Lipinski definition) is 7. The summed E-state index contributed by atoms with van der Waals surface area (Å²) in [7, 11) is 0. The number of benzene rings is 1. The van der Waals surface area contributed by atoms with Crippen LogP contribution in [0, 0.1) is 10.1 Å². The number of aliphatic hydroxyl groups is 3. The van der Waals surface area contributed by atoms with Gasteiger partial charge in [-0.15, -0.1) is 0 Å². The largest absolute Gasteiger partial charge is 0.395 e. The number of hydrogen-bond donors (Lipinski definition) is 5. The van der Waals surface area contributed by atoms with Crippen molar-refractivity contribution >= 4 is 18.3 Å². The molecule has 5 N–H and O–H groups in total. The fourth-order valence-corrected chi connectivity index (χ4v) is 1.19. The Morgan fingerprint density at radius 2 is 2.00 bits per heavy atom. The Morgan fingerprint density at radius 3 is 2.37 bits per heavy atom. The van der Waals surface area contributed by atoms with Crippen LogP contribution in [0.25, 0.3) is 0 Å². The average molecular weight is 290 g/mol. The molecule has 0 aromatic heterocycles. The normalized spacial score (nSPS) is 13.1. The fraction of sp³-hybridized carbons (Fsp3) is 0.455. The lowest BCUT2D eigenvalue weighted by atomic mass is 10.1. The monoisotopic (exact) mass is 290 g/mol. The first-order chi connectivity index (χ1) is 8.96. The van der Waals surface area contributed by atoms with Gasteiger partial charge in [0.05, 0.1) is 29.5 Å². The SMILES string of the molecule is NCC(O)CO.O=[N+]([O-])c1cccc(C(S)CO)c1. The Hall–Kier alpha value is -1.19. The maximum Gasteiger partial charge on any atom is 0.269 e. The summed E-state index contributed by atoms with van der Waals surface area (Å²) in [6.07, 6.45) is -0.731. The molecule has 1 rings (SSSR count). The van der Waals surface area contributed by atoms with Gasteiger partial charge >= 0.3 is 0 Å². The summed E-state index contributed by atoms with van der Waals surface area (Å²) in [4.78, 5) is 9.91. The molecule has 2 atom stereocenters. The molecule has 19 heavy (non-hydrogen) atoms. The van der Waals surface area contributed by atoms with Gasteiger partial charge in [0.1, 0.15) is 0 Å². The number of aliphatic hydroxyl groups excluding tert-OH is 3. The zero-order chi connectivity index (χ0) is 14.8. The van der Waals surface area contributed by atoms with Crippen molar-refractivity contribution in [2.45, 2.75) is 11.4 Å². The molecule has 1 aromatic carbocycles. The van der Waals surface area contributed by atoms with Crippen LogP contribution in [0.3, 0.4) is 0 Å². The molecule has 0 spiro atoms. The van der Waals surface area contributed by atoms with E-state index in [-0.39, 0.29) is 30.7 Å². The molecule has 0 saturated heterocycles. The van der Waals surface area contributed by atoms with Gasteiger partial charge in [0.25, 0.3) is 5.69 Å². The topological polar surface area (TPSA) is 130 Å². The third kappa shape index (κ3) is 7.09. The van der Waals surface area contributed by atoms with Crippen LogP contribution in [0.1, 0.15) is 10.8 Å². The van der Waals surface area contributed by atoms with Crippen molar-refractivity contribution in [3.8, 4) is 0 Å². The molecule has 0 radical (unpaired) electrons. The first-order valence-electron chi connectivity index (χ1n) is 5.48.